The fourth-order valence-electron chi connectivity index (χ4n) is 1.41. The van der Waals surface area contributed by atoms with E-state index in [0.717, 1.165) is 12.8 Å². The average molecular weight is 406 g/mol. The van der Waals surface area contributed by atoms with Crippen LogP contribution < -0.4 is 0 Å². The maximum Gasteiger partial charge on any atom is 0.294 e. The summed E-state index contributed by atoms with van der Waals surface area (Å²) in [5.74, 6) is 0. The number of hydrogen-bond acceptors (Lipinski definition) is 6. The number of rotatable bonds is 5. The summed E-state index contributed by atoms with van der Waals surface area (Å²) in [5.41, 5.74) is 0. The van der Waals surface area contributed by atoms with Gasteiger partial charge in [0.05, 0.1) is 9.79 Å². The van der Waals surface area contributed by atoms with Crippen LogP contribution in [0.1, 0.15) is 12.8 Å². The van der Waals surface area contributed by atoms with Crippen LogP contribution in [0.2, 0.25) is 0 Å². The van der Waals surface area contributed by atoms with E-state index < -0.39 is 20.2 Å². The summed E-state index contributed by atoms with van der Waals surface area (Å²) in [6.45, 7) is 0.390. The van der Waals surface area contributed by atoms with Gasteiger partial charge in [-0.3, -0.25) is 9.11 Å². The molecule has 0 saturated carbocycles. The van der Waals surface area contributed by atoms with Crippen LogP contribution in [0.15, 0.2) is 70.5 Å². The molecule has 146 valence electrons. The highest BCUT2D eigenvalue weighted by Crippen LogP contribution is 2.05. The van der Waals surface area contributed by atoms with Crippen LogP contribution in [0.5, 0.6) is 0 Å². The van der Waals surface area contributed by atoms with Crippen molar-refractivity contribution in [3.8, 4) is 0 Å². The van der Waals surface area contributed by atoms with Crippen molar-refractivity contribution in [1.82, 2.24) is 0 Å². The maximum absolute atomic E-state index is 10.4. The molecule has 0 saturated heterocycles. The minimum atomic E-state index is -4.00. The SMILES string of the molecule is O=S(=O)(O)c1ccccc1.O=S(=O)(O)c1ccccc1.OCCCCO. The minimum absolute atomic E-state index is 0.0741. The fraction of sp³-hybridized carbons (Fsp3) is 0.250. The van der Waals surface area contributed by atoms with E-state index in [2.05, 4.69) is 0 Å². The van der Waals surface area contributed by atoms with Gasteiger partial charge in [-0.15, -0.1) is 0 Å². The average Bonchev–Trinajstić information content (AvgIpc) is 2.61. The number of benzene rings is 2. The molecule has 2 rings (SSSR count). The molecule has 0 aliphatic rings. The molecule has 2 aromatic rings. The van der Waals surface area contributed by atoms with Crippen molar-refractivity contribution in [3.05, 3.63) is 60.7 Å². The van der Waals surface area contributed by atoms with Gasteiger partial charge in [0.15, 0.2) is 0 Å². The second-order valence-corrected chi connectivity index (χ2v) is 7.57. The molecule has 0 atom stereocenters. The number of aliphatic hydroxyl groups is 2. The summed E-state index contributed by atoms with van der Waals surface area (Å²) in [6.07, 6.45) is 1.44. The van der Waals surface area contributed by atoms with Gasteiger partial charge in [-0.2, -0.15) is 16.8 Å². The van der Waals surface area contributed by atoms with Crippen molar-refractivity contribution in [1.29, 1.82) is 0 Å². The molecular weight excluding hydrogens is 384 g/mol. The van der Waals surface area contributed by atoms with Crippen molar-refractivity contribution >= 4 is 20.2 Å². The Bertz CT molecular complexity index is 732. The predicted octanol–water partition coefficient (Wildman–Crippen LogP) is 1.62. The molecule has 4 N–H and O–H groups in total. The lowest BCUT2D eigenvalue weighted by Crippen LogP contribution is -1.96. The van der Waals surface area contributed by atoms with Crippen molar-refractivity contribution in [2.75, 3.05) is 13.2 Å². The first-order valence-electron chi connectivity index (χ1n) is 7.39. The van der Waals surface area contributed by atoms with E-state index in [1.54, 1.807) is 36.4 Å². The Morgan fingerprint density at radius 2 is 0.846 bits per heavy atom. The standard InChI is InChI=1S/2C6H6O3S.C4H10O2/c2*7-10(8,9)6-4-2-1-3-5-6;5-3-1-2-4-6/h2*1-5H,(H,7,8,9);5-6H,1-4H2. The van der Waals surface area contributed by atoms with Gasteiger partial charge in [-0.25, -0.2) is 0 Å². The molecule has 0 amide bonds. The number of unbranched alkanes of at least 4 members (excludes halogenated alkanes) is 1. The van der Waals surface area contributed by atoms with Gasteiger partial charge in [0.1, 0.15) is 0 Å². The topological polar surface area (TPSA) is 149 Å². The third-order valence-electron chi connectivity index (χ3n) is 2.65. The normalized spacial score (nSPS) is 10.8. The van der Waals surface area contributed by atoms with Gasteiger partial charge in [-0.05, 0) is 37.1 Å². The Kier molecular flexibility index (Phi) is 11.6. The predicted molar refractivity (Wildman–Crippen MR) is 95.9 cm³/mol. The maximum atomic E-state index is 10.4. The highest BCUT2D eigenvalue weighted by molar-refractivity contribution is 7.86. The molecule has 0 aliphatic carbocycles. The molecule has 0 bridgehead atoms. The van der Waals surface area contributed by atoms with Crippen LogP contribution in [0.25, 0.3) is 0 Å². The Morgan fingerprint density at radius 3 is 1.00 bits per heavy atom. The largest absolute Gasteiger partial charge is 0.396 e. The van der Waals surface area contributed by atoms with E-state index >= 15 is 0 Å². The molecule has 0 heterocycles. The van der Waals surface area contributed by atoms with Crippen LogP contribution in [-0.2, 0) is 20.2 Å². The van der Waals surface area contributed by atoms with E-state index in [9.17, 15) is 16.8 Å². The Morgan fingerprint density at radius 1 is 0.577 bits per heavy atom. The Labute approximate surface area is 153 Å². The minimum Gasteiger partial charge on any atom is -0.396 e. The van der Waals surface area contributed by atoms with Gasteiger partial charge >= 0.3 is 0 Å². The summed E-state index contributed by atoms with van der Waals surface area (Å²) in [5, 5.41) is 16.2. The van der Waals surface area contributed by atoms with E-state index in [1.165, 1.54) is 24.3 Å². The van der Waals surface area contributed by atoms with Gasteiger partial charge in [0, 0.05) is 13.2 Å². The second kappa shape index (κ2) is 12.5. The number of hydrogen-bond donors (Lipinski definition) is 4. The van der Waals surface area contributed by atoms with Crippen LogP contribution >= 0.6 is 0 Å². The van der Waals surface area contributed by atoms with Gasteiger partial charge in [0.2, 0.25) is 0 Å². The molecule has 2 aromatic carbocycles. The molecule has 0 fully saturated rings. The summed E-state index contributed by atoms with van der Waals surface area (Å²) in [7, 11) is -8.01. The van der Waals surface area contributed by atoms with E-state index in [-0.39, 0.29) is 23.0 Å². The van der Waals surface area contributed by atoms with Crippen molar-refractivity contribution in [2.45, 2.75) is 22.6 Å². The van der Waals surface area contributed by atoms with Crippen LogP contribution in [0, 0.1) is 0 Å². The molecule has 0 aromatic heterocycles. The first-order valence-corrected chi connectivity index (χ1v) is 10.3. The number of aliphatic hydroxyl groups excluding tert-OH is 2. The summed E-state index contributed by atoms with van der Waals surface area (Å²) in [6, 6.07) is 14.8. The molecule has 0 spiro atoms. The van der Waals surface area contributed by atoms with Gasteiger partial charge < -0.3 is 10.2 Å². The Balaban J connectivity index is 0.000000375. The lowest BCUT2D eigenvalue weighted by atomic mass is 10.3. The van der Waals surface area contributed by atoms with E-state index in [0.29, 0.717) is 0 Å². The smallest absolute Gasteiger partial charge is 0.294 e. The van der Waals surface area contributed by atoms with Crippen molar-refractivity contribution in [3.63, 3.8) is 0 Å². The molecule has 10 heteroatoms. The third-order valence-corrected chi connectivity index (χ3v) is 4.38. The van der Waals surface area contributed by atoms with Gasteiger partial charge in [-0.1, -0.05) is 36.4 Å². The third kappa shape index (κ3) is 11.7. The summed E-state index contributed by atoms with van der Waals surface area (Å²) in [4.78, 5) is -0.148. The van der Waals surface area contributed by atoms with Crippen LogP contribution in [-0.4, -0.2) is 49.4 Å². The van der Waals surface area contributed by atoms with Crippen molar-refractivity contribution < 1.29 is 36.2 Å². The zero-order valence-electron chi connectivity index (χ0n) is 13.8. The molecular formula is C16H22O8S2. The van der Waals surface area contributed by atoms with Crippen LogP contribution in [0.4, 0.5) is 0 Å². The molecule has 0 aliphatic heterocycles. The highest BCUT2D eigenvalue weighted by Gasteiger charge is 2.06. The fourth-order valence-corrected chi connectivity index (χ4v) is 2.41. The first-order chi connectivity index (χ1) is 12.1. The molecule has 8 nitrogen and oxygen atoms in total. The van der Waals surface area contributed by atoms with E-state index in [4.69, 9.17) is 19.3 Å². The molecule has 26 heavy (non-hydrogen) atoms. The molecule has 0 unspecified atom stereocenters. The second-order valence-electron chi connectivity index (χ2n) is 4.73. The highest BCUT2D eigenvalue weighted by atomic mass is 32.2. The molecule has 0 radical (unpaired) electrons. The lowest BCUT2D eigenvalue weighted by Gasteiger charge is -1.92. The first kappa shape index (κ1) is 24.2. The summed E-state index contributed by atoms with van der Waals surface area (Å²) >= 11 is 0. The Hall–Kier alpha value is -1.82. The van der Waals surface area contributed by atoms with Crippen molar-refractivity contribution in [2.24, 2.45) is 0 Å². The lowest BCUT2D eigenvalue weighted by molar-refractivity contribution is 0.242. The quantitative estimate of drug-likeness (QED) is 0.432. The summed E-state index contributed by atoms with van der Waals surface area (Å²) < 4.78 is 58.5. The van der Waals surface area contributed by atoms with Gasteiger partial charge in [0.25, 0.3) is 20.2 Å². The van der Waals surface area contributed by atoms with Crippen LogP contribution in [0.3, 0.4) is 0 Å². The monoisotopic (exact) mass is 406 g/mol. The zero-order valence-corrected chi connectivity index (χ0v) is 15.5. The van der Waals surface area contributed by atoms with E-state index in [1.807, 2.05) is 0 Å². The zero-order chi connectivity index (χ0) is 20.1.